The molecule has 1 aromatic heterocycles. The summed E-state index contributed by atoms with van der Waals surface area (Å²) in [7, 11) is 1.55. The predicted octanol–water partition coefficient (Wildman–Crippen LogP) is 1.98. The second-order valence-corrected chi connectivity index (χ2v) is 4.49. The minimum absolute atomic E-state index is 0.00486. The van der Waals surface area contributed by atoms with Crippen LogP contribution in [0.5, 0.6) is 11.5 Å². The summed E-state index contributed by atoms with van der Waals surface area (Å²) in [4.78, 5) is 11.9. The van der Waals surface area contributed by atoms with E-state index in [0.717, 1.165) is 5.56 Å². The van der Waals surface area contributed by atoms with Crippen LogP contribution in [0.15, 0.2) is 6.07 Å². The van der Waals surface area contributed by atoms with E-state index in [4.69, 9.17) is 9.47 Å². The highest BCUT2D eigenvalue weighted by molar-refractivity contribution is 5.95. The van der Waals surface area contributed by atoms with Gasteiger partial charge in [0, 0.05) is 5.56 Å². The predicted molar refractivity (Wildman–Crippen MR) is 75.5 cm³/mol. The van der Waals surface area contributed by atoms with Gasteiger partial charge in [0.25, 0.3) is 0 Å². The quantitative estimate of drug-likeness (QED) is 0.836. The molecule has 0 saturated heterocycles. The third-order valence-electron chi connectivity index (χ3n) is 3.14. The second-order valence-electron chi connectivity index (χ2n) is 4.49. The van der Waals surface area contributed by atoms with Crippen LogP contribution in [-0.4, -0.2) is 40.2 Å². The molecule has 0 amide bonds. The number of benzene rings is 1. The van der Waals surface area contributed by atoms with Crippen LogP contribution in [0.1, 0.15) is 28.5 Å². The Balaban J connectivity index is 2.63. The molecule has 0 fully saturated rings. The molecule has 2 N–H and O–H groups in total. The summed E-state index contributed by atoms with van der Waals surface area (Å²) >= 11 is 0. The number of hydrogen-bond donors (Lipinski definition) is 2. The van der Waals surface area contributed by atoms with Crippen molar-refractivity contribution in [3.05, 3.63) is 22.9 Å². The number of ether oxygens (including phenoxy) is 2. The van der Waals surface area contributed by atoms with Gasteiger partial charge < -0.3 is 14.6 Å². The molecule has 112 valence electrons. The highest BCUT2D eigenvalue weighted by atomic mass is 16.5. The van der Waals surface area contributed by atoms with Crippen LogP contribution >= 0.6 is 0 Å². The van der Waals surface area contributed by atoms with Gasteiger partial charge in [0.2, 0.25) is 0 Å². The minimum Gasteiger partial charge on any atom is -0.507 e. The zero-order valence-electron chi connectivity index (χ0n) is 12.4. The number of aryl methyl sites for hydroxylation is 1. The number of aromatic amines is 1. The maximum Gasteiger partial charge on any atom is 0.361 e. The summed E-state index contributed by atoms with van der Waals surface area (Å²) in [6.07, 6.45) is 0. The lowest BCUT2D eigenvalue weighted by Gasteiger charge is -2.14. The van der Waals surface area contributed by atoms with Crippen LogP contribution in [0.3, 0.4) is 0 Å². The Morgan fingerprint density at radius 3 is 2.71 bits per heavy atom. The molecule has 0 saturated carbocycles. The zero-order chi connectivity index (χ0) is 15.6. The summed E-state index contributed by atoms with van der Waals surface area (Å²) in [5.41, 5.74) is 2.13. The lowest BCUT2D eigenvalue weighted by atomic mass is 9.99. The molecule has 0 radical (unpaired) electrons. The van der Waals surface area contributed by atoms with E-state index in [0.29, 0.717) is 16.9 Å². The number of phenolic OH excluding ortho intramolecular Hbond substituents is 1. The van der Waals surface area contributed by atoms with E-state index in [9.17, 15) is 9.90 Å². The van der Waals surface area contributed by atoms with Gasteiger partial charge in [0.05, 0.1) is 19.3 Å². The molecule has 0 atom stereocenters. The molecule has 0 aliphatic carbocycles. The minimum atomic E-state index is -0.598. The second kappa shape index (κ2) is 5.82. The largest absolute Gasteiger partial charge is 0.507 e. The van der Waals surface area contributed by atoms with Crippen molar-refractivity contribution in [3.8, 4) is 22.8 Å². The first-order valence-electron chi connectivity index (χ1n) is 6.46. The highest BCUT2D eigenvalue weighted by Gasteiger charge is 2.24. The standard InChI is InChI=1S/C14H17N3O4/c1-5-21-14(19)12-11(15-17-16-12)10-8(3)13(20-4)7(2)6-9(10)18/h6,18H,5H2,1-4H3,(H,15,16,17). The van der Waals surface area contributed by atoms with E-state index >= 15 is 0 Å². The molecule has 0 aliphatic rings. The number of carbonyl (C=O) groups excluding carboxylic acids is 1. The van der Waals surface area contributed by atoms with E-state index in [1.807, 2.05) is 6.92 Å². The summed E-state index contributed by atoms with van der Waals surface area (Å²) in [5, 5.41) is 20.4. The lowest BCUT2D eigenvalue weighted by molar-refractivity contribution is 0.0520. The molecule has 1 aromatic carbocycles. The van der Waals surface area contributed by atoms with Crippen molar-refractivity contribution >= 4 is 5.97 Å². The molecular formula is C14H17N3O4. The van der Waals surface area contributed by atoms with Crippen molar-refractivity contribution in [3.63, 3.8) is 0 Å². The number of carbonyl (C=O) groups is 1. The number of aromatic hydroxyl groups is 1. The number of nitrogens with zero attached hydrogens (tertiary/aromatic N) is 2. The number of hydrogen-bond acceptors (Lipinski definition) is 6. The van der Waals surface area contributed by atoms with Crippen molar-refractivity contribution in [2.45, 2.75) is 20.8 Å². The topological polar surface area (TPSA) is 97.3 Å². The van der Waals surface area contributed by atoms with E-state index in [1.54, 1.807) is 27.0 Å². The number of methoxy groups -OCH3 is 1. The fourth-order valence-corrected chi connectivity index (χ4v) is 2.30. The molecule has 0 unspecified atom stereocenters. The summed E-state index contributed by atoms with van der Waals surface area (Å²) in [6.45, 7) is 5.54. The van der Waals surface area contributed by atoms with Crippen LogP contribution in [0.2, 0.25) is 0 Å². The Labute approximate surface area is 121 Å². The third kappa shape index (κ3) is 2.54. The Morgan fingerprint density at radius 2 is 2.10 bits per heavy atom. The van der Waals surface area contributed by atoms with Crippen molar-refractivity contribution in [2.24, 2.45) is 0 Å². The SMILES string of the molecule is CCOC(=O)c1n[nH]nc1-c1c(O)cc(C)c(OC)c1C. The number of phenols is 1. The summed E-state index contributed by atoms with van der Waals surface area (Å²) in [5.74, 6) is 0.0328. The van der Waals surface area contributed by atoms with Crippen LogP contribution in [0.25, 0.3) is 11.3 Å². The number of H-pyrrole nitrogens is 1. The number of aromatic nitrogens is 3. The molecule has 0 aliphatic heterocycles. The van der Waals surface area contributed by atoms with Crippen LogP contribution in [-0.2, 0) is 4.74 Å². The number of esters is 1. The Morgan fingerprint density at radius 1 is 1.38 bits per heavy atom. The highest BCUT2D eigenvalue weighted by Crippen LogP contribution is 2.39. The molecule has 0 bridgehead atoms. The smallest absolute Gasteiger partial charge is 0.361 e. The van der Waals surface area contributed by atoms with E-state index in [-0.39, 0.29) is 23.7 Å². The zero-order valence-corrected chi connectivity index (χ0v) is 12.4. The first kappa shape index (κ1) is 14.8. The van der Waals surface area contributed by atoms with Gasteiger partial charge in [-0.3, -0.25) is 0 Å². The maximum atomic E-state index is 11.9. The van der Waals surface area contributed by atoms with E-state index < -0.39 is 5.97 Å². The van der Waals surface area contributed by atoms with Crippen LogP contribution in [0.4, 0.5) is 0 Å². The van der Waals surface area contributed by atoms with Gasteiger partial charge in [-0.15, -0.1) is 5.10 Å². The number of rotatable bonds is 4. The molecule has 7 nitrogen and oxygen atoms in total. The van der Waals surface area contributed by atoms with Gasteiger partial charge >= 0.3 is 5.97 Å². The Bertz CT molecular complexity index is 679. The van der Waals surface area contributed by atoms with Crippen molar-refractivity contribution in [2.75, 3.05) is 13.7 Å². The third-order valence-corrected chi connectivity index (χ3v) is 3.14. The van der Waals surface area contributed by atoms with Crippen LogP contribution in [0, 0.1) is 13.8 Å². The Kier molecular flexibility index (Phi) is 4.11. The van der Waals surface area contributed by atoms with Crippen molar-refractivity contribution in [1.29, 1.82) is 0 Å². The fourth-order valence-electron chi connectivity index (χ4n) is 2.30. The number of nitrogens with one attached hydrogen (secondary N) is 1. The molecule has 2 aromatic rings. The van der Waals surface area contributed by atoms with E-state index in [1.165, 1.54) is 0 Å². The van der Waals surface area contributed by atoms with Gasteiger partial charge in [-0.25, -0.2) is 4.79 Å². The molecule has 21 heavy (non-hydrogen) atoms. The summed E-state index contributed by atoms with van der Waals surface area (Å²) < 4.78 is 10.3. The maximum absolute atomic E-state index is 11.9. The molecular weight excluding hydrogens is 274 g/mol. The van der Waals surface area contributed by atoms with Gasteiger partial charge in [0.1, 0.15) is 17.2 Å². The van der Waals surface area contributed by atoms with Crippen molar-refractivity contribution < 1.29 is 19.4 Å². The first-order chi connectivity index (χ1) is 10.0. The molecule has 1 heterocycles. The Hall–Kier alpha value is -2.57. The van der Waals surface area contributed by atoms with Gasteiger partial charge in [-0.1, -0.05) is 0 Å². The lowest BCUT2D eigenvalue weighted by Crippen LogP contribution is -2.07. The van der Waals surface area contributed by atoms with Gasteiger partial charge in [0.15, 0.2) is 5.69 Å². The monoisotopic (exact) mass is 291 g/mol. The fraction of sp³-hybridized carbons (Fsp3) is 0.357. The van der Waals surface area contributed by atoms with Gasteiger partial charge in [-0.2, -0.15) is 10.3 Å². The first-order valence-corrected chi connectivity index (χ1v) is 6.46. The normalized spacial score (nSPS) is 10.5. The molecule has 0 spiro atoms. The molecule has 7 heteroatoms. The van der Waals surface area contributed by atoms with E-state index in [2.05, 4.69) is 15.4 Å². The van der Waals surface area contributed by atoms with Crippen LogP contribution < -0.4 is 4.74 Å². The van der Waals surface area contributed by atoms with Gasteiger partial charge in [-0.05, 0) is 32.4 Å². The average Bonchev–Trinajstić information content (AvgIpc) is 2.88. The summed E-state index contributed by atoms with van der Waals surface area (Å²) in [6, 6.07) is 1.56. The average molecular weight is 291 g/mol. The van der Waals surface area contributed by atoms with Crippen molar-refractivity contribution in [1.82, 2.24) is 15.4 Å². The molecule has 2 rings (SSSR count).